The average molecular weight is 462 g/mol. The quantitative estimate of drug-likeness (QED) is 0.332. The first-order chi connectivity index (χ1) is 16.3. The second-order valence-corrected chi connectivity index (χ2v) is 6.90. The van der Waals surface area contributed by atoms with E-state index < -0.39 is 33.5 Å². The molecular formula is C20H12F2N10O2. The van der Waals surface area contributed by atoms with Gasteiger partial charge in [0, 0.05) is 17.3 Å². The second kappa shape index (κ2) is 8.71. The number of hydrogen-bond acceptors (Lipinski definition) is 9. The highest BCUT2D eigenvalue weighted by Crippen LogP contribution is 2.35. The van der Waals surface area contributed by atoms with Gasteiger partial charge < -0.3 is 15.8 Å². The first kappa shape index (κ1) is 22.0. The molecule has 0 spiro atoms. The van der Waals surface area contributed by atoms with Gasteiger partial charge in [-0.3, -0.25) is 14.6 Å². The fourth-order valence-electron chi connectivity index (χ4n) is 3.36. The van der Waals surface area contributed by atoms with Crippen LogP contribution in [-0.2, 0) is 13.1 Å². The largest absolute Gasteiger partial charge is 0.389 e. The molecule has 0 aliphatic rings. The van der Waals surface area contributed by atoms with Crippen LogP contribution in [0.25, 0.3) is 11.1 Å². The van der Waals surface area contributed by atoms with E-state index >= 15 is 0 Å². The van der Waals surface area contributed by atoms with E-state index in [0.29, 0.717) is 0 Å². The lowest BCUT2D eigenvalue weighted by Gasteiger charge is -2.16. The number of anilines is 1. The minimum atomic E-state index is -1.00. The van der Waals surface area contributed by atoms with E-state index in [1.807, 2.05) is 0 Å². The maximum atomic E-state index is 14.6. The van der Waals surface area contributed by atoms with Gasteiger partial charge in [0.2, 0.25) is 0 Å². The number of nitrogen functional groups attached to an aromatic ring is 1. The van der Waals surface area contributed by atoms with Gasteiger partial charge in [-0.1, -0.05) is 0 Å². The van der Waals surface area contributed by atoms with E-state index in [2.05, 4.69) is 20.2 Å². The smallest absolute Gasteiger partial charge is 0.382 e. The summed E-state index contributed by atoms with van der Waals surface area (Å²) in [4.78, 5) is 18.3. The van der Waals surface area contributed by atoms with E-state index in [1.54, 1.807) is 12.1 Å². The van der Waals surface area contributed by atoms with Crippen LogP contribution < -0.4 is 5.73 Å². The highest BCUT2D eigenvalue weighted by Gasteiger charge is 2.26. The number of nitro groups is 1. The molecule has 0 aliphatic heterocycles. The number of nitrogens with two attached hydrogens (primary N) is 1. The Labute approximate surface area is 189 Å². The zero-order chi connectivity index (χ0) is 24.4. The molecule has 0 bridgehead atoms. The third-order valence-corrected chi connectivity index (χ3v) is 4.79. The summed E-state index contributed by atoms with van der Waals surface area (Å²) in [5.74, 6) is -2.23. The van der Waals surface area contributed by atoms with Crippen molar-refractivity contribution in [2.75, 3.05) is 5.73 Å². The standard InChI is InChI=1S/C20H12F2N10O2/c21-13-7-26-15(9-30-3-1-17(25)28-30)19(11(13)5-23)20-12(6-24)14(22)8-27-16(20)10-31-4-2-18(29-31)32(33)34/h1-4,7-8H,9-10H2,(H2,25,28). The summed E-state index contributed by atoms with van der Waals surface area (Å²) in [7, 11) is 0. The molecule has 2 N–H and O–H groups in total. The van der Waals surface area contributed by atoms with E-state index in [0.717, 1.165) is 23.1 Å². The summed E-state index contributed by atoms with van der Waals surface area (Å²) in [5.41, 5.74) is 4.42. The number of nitriles is 2. The van der Waals surface area contributed by atoms with Crippen LogP contribution in [0.3, 0.4) is 0 Å². The van der Waals surface area contributed by atoms with Crippen molar-refractivity contribution in [2.45, 2.75) is 13.1 Å². The van der Waals surface area contributed by atoms with Crippen molar-refractivity contribution in [1.29, 1.82) is 10.5 Å². The van der Waals surface area contributed by atoms with Crippen LogP contribution in [0.4, 0.5) is 20.4 Å². The van der Waals surface area contributed by atoms with Gasteiger partial charge in [0.15, 0.2) is 11.6 Å². The lowest BCUT2D eigenvalue weighted by Crippen LogP contribution is -2.12. The minimum Gasteiger partial charge on any atom is -0.382 e. The Morgan fingerprint density at radius 1 is 0.941 bits per heavy atom. The van der Waals surface area contributed by atoms with Crippen molar-refractivity contribution >= 4 is 11.6 Å². The maximum Gasteiger partial charge on any atom is 0.389 e. The Morgan fingerprint density at radius 2 is 1.44 bits per heavy atom. The highest BCUT2D eigenvalue weighted by molar-refractivity contribution is 5.79. The molecule has 0 unspecified atom stereocenters. The Balaban J connectivity index is 1.96. The van der Waals surface area contributed by atoms with Crippen LogP contribution in [-0.4, -0.2) is 34.5 Å². The molecule has 14 heteroatoms. The van der Waals surface area contributed by atoms with Crippen molar-refractivity contribution in [2.24, 2.45) is 0 Å². The van der Waals surface area contributed by atoms with E-state index in [1.165, 1.54) is 23.1 Å². The summed E-state index contributed by atoms with van der Waals surface area (Å²) < 4.78 is 31.8. The number of hydrogen-bond donors (Lipinski definition) is 1. The lowest BCUT2D eigenvalue weighted by atomic mass is 9.93. The molecule has 0 fully saturated rings. The Morgan fingerprint density at radius 3 is 1.85 bits per heavy atom. The van der Waals surface area contributed by atoms with Gasteiger partial charge >= 0.3 is 5.82 Å². The molecule has 0 aliphatic carbocycles. The normalized spacial score (nSPS) is 10.6. The molecular weight excluding hydrogens is 450 g/mol. The third-order valence-electron chi connectivity index (χ3n) is 4.79. The topological polar surface area (TPSA) is 178 Å². The summed E-state index contributed by atoms with van der Waals surface area (Å²) in [6, 6.07) is 6.11. The molecule has 0 aromatic carbocycles. The molecule has 12 nitrogen and oxygen atoms in total. The number of pyridine rings is 2. The first-order valence-corrected chi connectivity index (χ1v) is 9.44. The number of rotatable bonds is 6. The van der Waals surface area contributed by atoms with Gasteiger partial charge in [-0.15, -0.1) is 0 Å². The number of aromatic nitrogens is 6. The van der Waals surface area contributed by atoms with Crippen LogP contribution in [0, 0.1) is 44.4 Å². The van der Waals surface area contributed by atoms with Crippen LogP contribution in [0.5, 0.6) is 0 Å². The summed E-state index contributed by atoms with van der Waals surface area (Å²) in [6.45, 7) is -0.330. The molecule has 4 rings (SSSR count). The third kappa shape index (κ3) is 3.98. The fourth-order valence-corrected chi connectivity index (χ4v) is 3.36. The Kier molecular flexibility index (Phi) is 5.63. The molecule has 0 amide bonds. The molecule has 4 aromatic rings. The molecule has 0 saturated carbocycles. The maximum absolute atomic E-state index is 14.6. The van der Waals surface area contributed by atoms with Crippen molar-refractivity contribution < 1.29 is 13.7 Å². The van der Waals surface area contributed by atoms with Crippen molar-refractivity contribution in [3.8, 4) is 23.3 Å². The Bertz CT molecular complexity index is 1510. The highest BCUT2D eigenvalue weighted by atomic mass is 19.1. The van der Waals surface area contributed by atoms with Crippen molar-refractivity contribution in [3.63, 3.8) is 0 Å². The number of halogens is 2. The van der Waals surface area contributed by atoms with Crippen molar-refractivity contribution in [3.05, 3.63) is 81.2 Å². The molecule has 4 aromatic heterocycles. The predicted molar refractivity (Wildman–Crippen MR) is 111 cm³/mol. The van der Waals surface area contributed by atoms with Gasteiger partial charge in [0.05, 0.1) is 58.8 Å². The second-order valence-electron chi connectivity index (χ2n) is 6.90. The van der Waals surface area contributed by atoms with Crippen LogP contribution in [0.1, 0.15) is 22.5 Å². The Hall–Kier alpha value is -5.24. The van der Waals surface area contributed by atoms with Crippen LogP contribution in [0.2, 0.25) is 0 Å². The van der Waals surface area contributed by atoms with Crippen molar-refractivity contribution in [1.82, 2.24) is 29.5 Å². The first-order valence-electron chi connectivity index (χ1n) is 9.44. The van der Waals surface area contributed by atoms with E-state index in [9.17, 15) is 29.4 Å². The van der Waals surface area contributed by atoms with Gasteiger partial charge in [-0.2, -0.15) is 20.3 Å². The summed E-state index contributed by atoms with van der Waals surface area (Å²) in [5, 5.41) is 38.1. The number of nitrogens with zero attached hydrogens (tertiary/aromatic N) is 9. The van der Waals surface area contributed by atoms with Gasteiger partial charge in [-0.05, 0) is 11.0 Å². The van der Waals surface area contributed by atoms with Crippen LogP contribution in [0.15, 0.2) is 36.9 Å². The molecule has 0 atom stereocenters. The van der Waals surface area contributed by atoms with Gasteiger partial charge in [0.25, 0.3) is 0 Å². The van der Waals surface area contributed by atoms with Crippen LogP contribution >= 0.6 is 0 Å². The predicted octanol–water partition coefficient (Wildman–Crippen LogP) is 2.15. The lowest BCUT2D eigenvalue weighted by molar-refractivity contribution is -0.389. The zero-order valence-corrected chi connectivity index (χ0v) is 17.1. The van der Waals surface area contributed by atoms with E-state index in [4.69, 9.17) is 5.73 Å². The van der Waals surface area contributed by atoms with E-state index in [-0.39, 0.29) is 41.4 Å². The zero-order valence-electron chi connectivity index (χ0n) is 17.1. The molecule has 34 heavy (non-hydrogen) atoms. The monoisotopic (exact) mass is 462 g/mol. The molecule has 0 radical (unpaired) electrons. The minimum absolute atomic E-state index is 0.0149. The summed E-state index contributed by atoms with van der Waals surface area (Å²) in [6.07, 6.45) is 4.44. The van der Waals surface area contributed by atoms with Gasteiger partial charge in [0.1, 0.15) is 24.5 Å². The fraction of sp³-hybridized carbons (Fsp3) is 0.100. The molecule has 0 saturated heterocycles. The SMILES string of the molecule is N#Cc1c(F)cnc(Cn2ccc(N)n2)c1-c1c(Cn2ccc([N+](=O)[O-])n2)ncc(F)c1C#N. The molecule has 168 valence electrons. The van der Waals surface area contributed by atoms with Gasteiger partial charge in [-0.25, -0.2) is 8.78 Å². The molecule has 4 heterocycles. The average Bonchev–Trinajstić information content (AvgIpc) is 3.44. The summed E-state index contributed by atoms with van der Waals surface area (Å²) >= 11 is 0.